The molecule has 3 heterocycles. The van der Waals surface area contributed by atoms with Crippen LogP contribution in [0.2, 0.25) is 5.22 Å². The molecule has 9 nitrogen and oxygen atoms in total. The number of hydrogen-bond donors (Lipinski definition) is 2. The highest BCUT2D eigenvalue weighted by molar-refractivity contribution is 6.29. The smallest absolute Gasteiger partial charge is 0.321 e. The minimum atomic E-state index is -0.654. The minimum absolute atomic E-state index is 0.0273. The van der Waals surface area contributed by atoms with Gasteiger partial charge in [0.1, 0.15) is 22.8 Å². The molecule has 0 atom stereocenters. The summed E-state index contributed by atoms with van der Waals surface area (Å²) in [6, 6.07) is 3.86. The van der Waals surface area contributed by atoms with Gasteiger partial charge < -0.3 is 29.4 Å². The molecule has 2 aromatic heterocycles. The van der Waals surface area contributed by atoms with Crippen molar-refractivity contribution in [2.45, 2.75) is 6.92 Å². The first-order chi connectivity index (χ1) is 15.0. The third-order valence-electron chi connectivity index (χ3n) is 4.76. The summed E-state index contributed by atoms with van der Waals surface area (Å²) >= 11 is 5.92. The Kier molecular flexibility index (Phi) is 6.10. The van der Waals surface area contributed by atoms with E-state index in [1.807, 2.05) is 0 Å². The maximum atomic E-state index is 15.3. The number of fused-ring (bicyclic) bond motifs is 1. The van der Waals surface area contributed by atoms with Crippen LogP contribution in [0.5, 0.6) is 11.6 Å². The molecule has 0 unspecified atom stereocenters. The Morgan fingerprint density at radius 1 is 1.32 bits per heavy atom. The second-order valence-corrected chi connectivity index (χ2v) is 7.12. The molecule has 4 rings (SSSR count). The summed E-state index contributed by atoms with van der Waals surface area (Å²) in [5.41, 5.74) is 0.821. The molecule has 0 aliphatic carbocycles. The molecule has 164 valence electrons. The molecule has 1 saturated heterocycles. The second-order valence-electron chi connectivity index (χ2n) is 6.75. The summed E-state index contributed by atoms with van der Waals surface area (Å²) in [4.78, 5) is 23.2. The number of anilines is 1. The fourth-order valence-electron chi connectivity index (χ4n) is 3.32. The fourth-order valence-corrected chi connectivity index (χ4v) is 3.49. The van der Waals surface area contributed by atoms with Gasteiger partial charge in [0.05, 0.1) is 25.0 Å². The number of aromatic nitrogens is 2. The van der Waals surface area contributed by atoms with E-state index in [1.165, 1.54) is 25.3 Å². The van der Waals surface area contributed by atoms with Gasteiger partial charge in [-0.15, -0.1) is 0 Å². The SMILES string of the molecule is CCOc1nc2oc(Cl)cc2nc1-c1c(F)cc(OC)cc1NC(=O)N1CCNCC1. The lowest BCUT2D eigenvalue weighted by Gasteiger charge is -2.28. The number of carbonyl (C=O) groups excluding carboxylic acids is 1. The van der Waals surface area contributed by atoms with E-state index in [9.17, 15) is 4.79 Å². The molecule has 2 N–H and O–H groups in total. The standard InChI is InChI=1S/C20H21ClFN5O4/c1-3-30-19-17(24-14-10-15(21)31-18(14)26-19)16-12(22)8-11(29-2)9-13(16)25-20(28)27-6-4-23-5-7-27/h8-10,23H,3-7H2,1-2H3,(H,25,28). The number of furan rings is 1. The van der Waals surface area contributed by atoms with Crippen molar-refractivity contribution in [1.82, 2.24) is 20.2 Å². The van der Waals surface area contributed by atoms with E-state index in [0.29, 0.717) is 31.7 Å². The maximum absolute atomic E-state index is 15.3. The highest BCUT2D eigenvalue weighted by atomic mass is 35.5. The molecule has 1 aliphatic heterocycles. The molecule has 31 heavy (non-hydrogen) atoms. The van der Waals surface area contributed by atoms with Gasteiger partial charge in [-0.1, -0.05) is 0 Å². The normalized spacial score (nSPS) is 14.0. The average Bonchev–Trinajstić information content (AvgIpc) is 3.13. The number of amides is 2. The number of halogens is 2. The lowest BCUT2D eigenvalue weighted by molar-refractivity contribution is 0.204. The van der Waals surface area contributed by atoms with Crippen LogP contribution >= 0.6 is 11.6 Å². The highest BCUT2D eigenvalue weighted by Crippen LogP contribution is 2.39. The zero-order valence-corrected chi connectivity index (χ0v) is 17.8. The molecule has 2 amide bonds. The number of rotatable bonds is 5. The lowest BCUT2D eigenvalue weighted by atomic mass is 10.1. The van der Waals surface area contributed by atoms with E-state index in [-0.39, 0.29) is 52.1 Å². The maximum Gasteiger partial charge on any atom is 0.321 e. The van der Waals surface area contributed by atoms with Crippen LogP contribution in [0, 0.1) is 5.82 Å². The van der Waals surface area contributed by atoms with Crippen LogP contribution in [0.3, 0.4) is 0 Å². The fraction of sp³-hybridized carbons (Fsp3) is 0.350. The molecule has 1 fully saturated rings. The molecule has 0 bridgehead atoms. The van der Waals surface area contributed by atoms with E-state index in [0.717, 1.165) is 0 Å². The quantitative estimate of drug-likeness (QED) is 0.614. The third-order valence-corrected chi connectivity index (χ3v) is 4.95. The van der Waals surface area contributed by atoms with E-state index in [4.69, 9.17) is 25.5 Å². The van der Waals surface area contributed by atoms with Gasteiger partial charge in [-0.2, -0.15) is 4.98 Å². The van der Waals surface area contributed by atoms with Gasteiger partial charge in [0.2, 0.25) is 11.6 Å². The van der Waals surface area contributed by atoms with Crippen molar-refractivity contribution in [3.8, 4) is 22.9 Å². The molecule has 0 saturated carbocycles. The van der Waals surface area contributed by atoms with Gasteiger partial charge in [-0.25, -0.2) is 14.2 Å². The van der Waals surface area contributed by atoms with Crippen molar-refractivity contribution < 1.29 is 23.1 Å². The predicted molar refractivity (Wildman–Crippen MR) is 113 cm³/mol. The number of hydrogen-bond acceptors (Lipinski definition) is 7. The Balaban J connectivity index is 1.83. The van der Waals surface area contributed by atoms with Crippen LogP contribution in [-0.2, 0) is 0 Å². The van der Waals surface area contributed by atoms with Gasteiger partial charge in [0.25, 0.3) is 0 Å². The molecule has 3 aromatic rings. The molecule has 0 spiro atoms. The third kappa shape index (κ3) is 4.35. The summed E-state index contributed by atoms with van der Waals surface area (Å²) in [5.74, 6) is -0.350. The van der Waals surface area contributed by atoms with Crippen LogP contribution < -0.4 is 20.1 Å². The Labute approximate surface area is 182 Å². The highest BCUT2D eigenvalue weighted by Gasteiger charge is 2.25. The van der Waals surface area contributed by atoms with Crippen LogP contribution in [-0.4, -0.2) is 60.8 Å². The van der Waals surface area contributed by atoms with Gasteiger partial charge in [0.15, 0.2) is 5.22 Å². The van der Waals surface area contributed by atoms with Crippen LogP contribution in [0.25, 0.3) is 22.5 Å². The van der Waals surface area contributed by atoms with E-state index in [2.05, 4.69) is 20.6 Å². The molecule has 11 heteroatoms. The number of piperazine rings is 1. The van der Waals surface area contributed by atoms with Gasteiger partial charge in [-0.05, 0) is 18.5 Å². The zero-order valence-electron chi connectivity index (χ0n) is 17.0. The Morgan fingerprint density at radius 3 is 2.81 bits per heavy atom. The van der Waals surface area contributed by atoms with Crippen LogP contribution in [0.15, 0.2) is 22.6 Å². The second kappa shape index (κ2) is 8.94. The molecular weight excluding hydrogens is 429 g/mol. The summed E-state index contributed by atoms with van der Waals surface area (Å²) in [7, 11) is 1.42. The van der Waals surface area contributed by atoms with Crippen molar-refractivity contribution in [3.63, 3.8) is 0 Å². The minimum Gasteiger partial charge on any atom is -0.497 e. The van der Waals surface area contributed by atoms with Crippen molar-refractivity contribution in [2.75, 3.05) is 45.2 Å². The van der Waals surface area contributed by atoms with Crippen molar-refractivity contribution in [3.05, 3.63) is 29.2 Å². The van der Waals surface area contributed by atoms with E-state index < -0.39 is 5.82 Å². The summed E-state index contributed by atoms with van der Waals surface area (Å²) in [5, 5.41) is 6.06. The van der Waals surface area contributed by atoms with Crippen molar-refractivity contribution >= 4 is 34.5 Å². The number of methoxy groups -OCH3 is 1. The Hall–Kier alpha value is -3.11. The van der Waals surface area contributed by atoms with Crippen LogP contribution in [0.1, 0.15) is 6.92 Å². The number of ether oxygens (including phenoxy) is 2. The first kappa shape index (κ1) is 21.1. The Bertz CT molecular complexity index is 1120. The number of nitrogens with one attached hydrogen (secondary N) is 2. The summed E-state index contributed by atoms with van der Waals surface area (Å²) in [6.45, 7) is 4.48. The van der Waals surface area contributed by atoms with Gasteiger partial charge >= 0.3 is 6.03 Å². The van der Waals surface area contributed by atoms with Crippen LogP contribution in [0.4, 0.5) is 14.9 Å². The molecule has 1 aliphatic rings. The lowest BCUT2D eigenvalue weighted by Crippen LogP contribution is -2.48. The monoisotopic (exact) mass is 449 g/mol. The average molecular weight is 450 g/mol. The molecule has 1 aromatic carbocycles. The number of benzene rings is 1. The zero-order chi connectivity index (χ0) is 22.0. The van der Waals surface area contributed by atoms with Crippen molar-refractivity contribution in [2.24, 2.45) is 0 Å². The number of urea groups is 1. The summed E-state index contributed by atoms with van der Waals surface area (Å²) in [6.07, 6.45) is 0. The van der Waals surface area contributed by atoms with E-state index >= 15 is 4.39 Å². The summed E-state index contributed by atoms with van der Waals surface area (Å²) < 4.78 is 31.4. The van der Waals surface area contributed by atoms with E-state index in [1.54, 1.807) is 11.8 Å². The first-order valence-electron chi connectivity index (χ1n) is 9.74. The van der Waals surface area contributed by atoms with Crippen molar-refractivity contribution in [1.29, 1.82) is 0 Å². The van der Waals surface area contributed by atoms with Gasteiger partial charge in [0, 0.05) is 44.4 Å². The number of nitrogens with zero attached hydrogens (tertiary/aromatic N) is 3. The molecular formula is C20H21ClFN5O4. The molecule has 0 radical (unpaired) electrons. The topological polar surface area (TPSA) is 102 Å². The number of carbonyl (C=O) groups is 1. The predicted octanol–water partition coefficient (Wildman–Crippen LogP) is 3.53. The van der Waals surface area contributed by atoms with Gasteiger partial charge in [-0.3, -0.25) is 0 Å². The largest absolute Gasteiger partial charge is 0.497 e. The first-order valence-corrected chi connectivity index (χ1v) is 10.1. The Morgan fingerprint density at radius 2 is 2.10 bits per heavy atom.